The van der Waals surface area contributed by atoms with E-state index in [1.54, 1.807) is 0 Å². The van der Waals surface area contributed by atoms with Crippen molar-refractivity contribution >= 4 is 22.2 Å². The molecule has 0 fully saturated rings. The molecule has 0 aliphatic heterocycles. The molecule has 0 radical (unpaired) electrons. The van der Waals surface area contributed by atoms with Crippen LogP contribution in [0.3, 0.4) is 0 Å². The molecule has 0 saturated heterocycles. The molecule has 0 spiro atoms. The van der Waals surface area contributed by atoms with Crippen LogP contribution in [-0.4, -0.2) is 9.55 Å². The summed E-state index contributed by atoms with van der Waals surface area (Å²) in [5.74, 6) is 0. The van der Waals surface area contributed by atoms with Crippen molar-refractivity contribution in [2.24, 2.45) is 0 Å². The average molecular weight is 228 g/mol. The molecule has 0 N–H and O–H groups in total. The predicted octanol–water partition coefficient (Wildman–Crippen LogP) is 3.45. The Balaban J connectivity index is 2.00. The van der Waals surface area contributed by atoms with Crippen LogP contribution in [0.5, 0.6) is 0 Å². The Kier molecular flexibility index (Phi) is 2.26. The minimum Gasteiger partial charge on any atom is -0.342 e. The van der Waals surface area contributed by atoms with Gasteiger partial charge in [0.15, 0.2) is 0 Å². The highest BCUT2D eigenvalue weighted by Crippen LogP contribution is 2.19. The molecule has 3 aromatic heterocycles. The molecule has 0 aliphatic rings. The Bertz CT molecular complexity index is 621. The van der Waals surface area contributed by atoms with E-state index in [1.807, 2.05) is 23.7 Å². The van der Waals surface area contributed by atoms with E-state index in [0.29, 0.717) is 0 Å². The van der Waals surface area contributed by atoms with Crippen LogP contribution in [0.2, 0.25) is 0 Å². The van der Waals surface area contributed by atoms with E-state index in [4.69, 9.17) is 0 Å². The number of hydrogen-bond acceptors (Lipinski definition) is 2. The number of hydrogen-bond donors (Lipinski definition) is 0. The molecule has 0 amide bonds. The van der Waals surface area contributed by atoms with E-state index in [-0.39, 0.29) is 0 Å². The molecule has 3 heteroatoms. The maximum atomic E-state index is 4.13. The molecule has 3 rings (SSSR count). The summed E-state index contributed by atoms with van der Waals surface area (Å²) in [4.78, 5) is 5.52. The normalized spacial score (nSPS) is 11.1. The van der Waals surface area contributed by atoms with Gasteiger partial charge in [-0.05, 0) is 36.1 Å². The van der Waals surface area contributed by atoms with Gasteiger partial charge >= 0.3 is 0 Å². The number of nitrogens with zero attached hydrogens (tertiary/aromatic N) is 2. The SMILES string of the molecule is Cc1csc(Cn2ccc3cnccc32)c1. The van der Waals surface area contributed by atoms with Crippen LogP contribution in [0.25, 0.3) is 10.9 Å². The molecule has 0 unspecified atom stereocenters. The van der Waals surface area contributed by atoms with Crippen LogP contribution in [-0.2, 0) is 6.54 Å². The van der Waals surface area contributed by atoms with Crippen molar-refractivity contribution in [3.05, 3.63) is 52.6 Å². The first-order chi connectivity index (χ1) is 7.83. The van der Waals surface area contributed by atoms with E-state index < -0.39 is 0 Å². The molecule has 0 aliphatic carbocycles. The van der Waals surface area contributed by atoms with E-state index in [1.165, 1.54) is 21.3 Å². The lowest BCUT2D eigenvalue weighted by Crippen LogP contribution is -1.95. The monoisotopic (exact) mass is 228 g/mol. The van der Waals surface area contributed by atoms with Crippen LogP contribution in [0.15, 0.2) is 42.2 Å². The minimum atomic E-state index is 0.950. The summed E-state index contributed by atoms with van der Waals surface area (Å²) in [6.45, 7) is 3.09. The van der Waals surface area contributed by atoms with Gasteiger partial charge in [0.2, 0.25) is 0 Å². The highest BCUT2D eigenvalue weighted by Gasteiger charge is 2.02. The highest BCUT2D eigenvalue weighted by atomic mass is 32.1. The summed E-state index contributed by atoms with van der Waals surface area (Å²) < 4.78 is 2.27. The van der Waals surface area contributed by atoms with Crippen LogP contribution in [0.1, 0.15) is 10.4 Å². The first-order valence-electron chi connectivity index (χ1n) is 5.26. The maximum Gasteiger partial charge on any atom is 0.0569 e. The molecule has 16 heavy (non-hydrogen) atoms. The van der Waals surface area contributed by atoms with Crippen molar-refractivity contribution in [2.75, 3.05) is 0 Å². The Morgan fingerprint density at radius 2 is 2.31 bits per heavy atom. The van der Waals surface area contributed by atoms with E-state index in [9.17, 15) is 0 Å². The third-order valence-electron chi connectivity index (χ3n) is 2.68. The van der Waals surface area contributed by atoms with E-state index >= 15 is 0 Å². The Hall–Kier alpha value is -1.61. The lowest BCUT2D eigenvalue weighted by atomic mass is 10.3. The second-order valence-electron chi connectivity index (χ2n) is 3.97. The zero-order valence-corrected chi connectivity index (χ0v) is 9.87. The number of fused-ring (bicyclic) bond motifs is 1. The van der Waals surface area contributed by atoms with Gasteiger partial charge in [0.25, 0.3) is 0 Å². The van der Waals surface area contributed by atoms with Crippen molar-refractivity contribution in [2.45, 2.75) is 13.5 Å². The van der Waals surface area contributed by atoms with Gasteiger partial charge in [0.05, 0.1) is 12.1 Å². The highest BCUT2D eigenvalue weighted by molar-refractivity contribution is 7.10. The van der Waals surface area contributed by atoms with Gasteiger partial charge in [-0.25, -0.2) is 0 Å². The Morgan fingerprint density at radius 3 is 3.12 bits per heavy atom. The fourth-order valence-corrected chi connectivity index (χ4v) is 2.79. The Morgan fingerprint density at radius 1 is 1.38 bits per heavy atom. The van der Waals surface area contributed by atoms with Gasteiger partial charge < -0.3 is 4.57 Å². The zero-order valence-electron chi connectivity index (χ0n) is 9.05. The minimum absolute atomic E-state index is 0.950. The third kappa shape index (κ3) is 1.63. The molecule has 3 aromatic rings. The topological polar surface area (TPSA) is 17.8 Å². The lowest BCUT2D eigenvalue weighted by molar-refractivity contribution is 0.850. The van der Waals surface area contributed by atoms with Crippen LogP contribution in [0, 0.1) is 6.92 Å². The summed E-state index contributed by atoms with van der Waals surface area (Å²) in [5, 5.41) is 3.40. The molecular weight excluding hydrogens is 216 g/mol. The number of rotatable bonds is 2. The maximum absolute atomic E-state index is 4.13. The van der Waals surface area contributed by atoms with Crippen molar-refractivity contribution < 1.29 is 0 Å². The number of aromatic nitrogens is 2. The lowest BCUT2D eigenvalue weighted by Gasteiger charge is -2.02. The third-order valence-corrected chi connectivity index (χ3v) is 3.72. The standard InChI is InChI=1S/C13H12N2S/c1-10-6-12(16-9-10)8-15-5-3-11-7-14-4-2-13(11)15/h2-7,9H,8H2,1H3. The second kappa shape index (κ2) is 3.76. The van der Waals surface area contributed by atoms with Gasteiger partial charge in [0, 0.05) is 28.9 Å². The molecule has 0 atom stereocenters. The summed E-state index contributed by atoms with van der Waals surface area (Å²) in [5.41, 5.74) is 2.60. The smallest absolute Gasteiger partial charge is 0.0569 e. The molecule has 0 bridgehead atoms. The first kappa shape index (κ1) is 9.60. The molecular formula is C13H12N2S. The summed E-state index contributed by atoms with van der Waals surface area (Å²) in [6, 6.07) is 6.43. The molecule has 0 saturated carbocycles. The summed E-state index contributed by atoms with van der Waals surface area (Å²) in [6.07, 6.45) is 5.88. The largest absolute Gasteiger partial charge is 0.342 e. The molecule has 0 aromatic carbocycles. The van der Waals surface area contributed by atoms with E-state index in [2.05, 4.69) is 46.3 Å². The van der Waals surface area contributed by atoms with Crippen LogP contribution in [0.4, 0.5) is 0 Å². The van der Waals surface area contributed by atoms with Gasteiger partial charge in [-0.2, -0.15) is 0 Å². The molecule has 2 nitrogen and oxygen atoms in total. The number of pyridine rings is 1. The average Bonchev–Trinajstić information content (AvgIpc) is 2.87. The van der Waals surface area contributed by atoms with Gasteiger partial charge in [-0.3, -0.25) is 4.98 Å². The zero-order chi connectivity index (χ0) is 11.0. The van der Waals surface area contributed by atoms with Crippen LogP contribution >= 0.6 is 11.3 Å². The van der Waals surface area contributed by atoms with Gasteiger partial charge in [-0.1, -0.05) is 0 Å². The van der Waals surface area contributed by atoms with Gasteiger partial charge in [0.1, 0.15) is 0 Å². The van der Waals surface area contributed by atoms with Gasteiger partial charge in [-0.15, -0.1) is 11.3 Å². The molecule has 80 valence electrons. The number of thiophene rings is 1. The first-order valence-corrected chi connectivity index (χ1v) is 6.14. The fraction of sp³-hybridized carbons (Fsp3) is 0.154. The predicted molar refractivity (Wildman–Crippen MR) is 67.9 cm³/mol. The molecule has 3 heterocycles. The quantitative estimate of drug-likeness (QED) is 0.657. The summed E-state index contributed by atoms with van der Waals surface area (Å²) in [7, 11) is 0. The van der Waals surface area contributed by atoms with Crippen molar-refractivity contribution in [1.29, 1.82) is 0 Å². The fourth-order valence-electron chi connectivity index (χ4n) is 1.92. The van der Waals surface area contributed by atoms with Crippen LogP contribution < -0.4 is 0 Å². The second-order valence-corrected chi connectivity index (χ2v) is 4.96. The van der Waals surface area contributed by atoms with Crippen molar-refractivity contribution in [3.63, 3.8) is 0 Å². The number of aryl methyl sites for hydroxylation is 1. The van der Waals surface area contributed by atoms with Crippen molar-refractivity contribution in [3.8, 4) is 0 Å². The van der Waals surface area contributed by atoms with Crippen molar-refractivity contribution in [1.82, 2.24) is 9.55 Å². The Labute approximate surface area is 98.2 Å². The van der Waals surface area contributed by atoms with E-state index in [0.717, 1.165) is 6.54 Å². The summed E-state index contributed by atoms with van der Waals surface area (Å²) >= 11 is 1.82.